The van der Waals surface area contributed by atoms with Crippen molar-refractivity contribution in [2.24, 2.45) is 11.3 Å². The van der Waals surface area contributed by atoms with Crippen LogP contribution >= 0.6 is 0 Å². The Morgan fingerprint density at radius 3 is 2.74 bits per heavy atom. The molecule has 4 heteroatoms. The largest absolute Gasteiger partial charge is 0.493 e. The van der Waals surface area contributed by atoms with Crippen LogP contribution in [0.3, 0.4) is 0 Å². The summed E-state index contributed by atoms with van der Waals surface area (Å²) in [7, 11) is 5.92. The Morgan fingerprint density at radius 1 is 1.22 bits per heavy atom. The van der Waals surface area contributed by atoms with Gasteiger partial charge in [-0.15, -0.1) is 0 Å². The predicted octanol–water partition coefficient (Wildman–Crippen LogP) is 3.33. The molecule has 2 aliphatic heterocycles. The van der Waals surface area contributed by atoms with E-state index in [9.17, 15) is 0 Å². The van der Waals surface area contributed by atoms with Crippen LogP contribution in [0.1, 0.15) is 37.8 Å². The van der Waals surface area contributed by atoms with Crippen LogP contribution in [0.5, 0.6) is 11.5 Å². The van der Waals surface area contributed by atoms with Crippen molar-refractivity contribution in [1.82, 2.24) is 4.90 Å². The average molecular weight is 367 g/mol. The zero-order valence-corrected chi connectivity index (χ0v) is 17.0. The molecule has 4 bridgehead atoms. The molecule has 6 aliphatic rings. The number of fused-ring (bicyclic) bond motifs is 1. The Hall–Kier alpha value is -1.52. The van der Waals surface area contributed by atoms with E-state index in [1.54, 1.807) is 7.11 Å². The van der Waals surface area contributed by atoms with Crippen molar-refractivity contribution in [1.29, 1.82) is 0 Å². The van der Waals surface area contributed by atoms with E-state index in [0.717, 1.165) is 37.3 Å². The Bertz CT molecular complexity index is 896. The lowest BCUT2D eigenvalue weighted by Crippen LogP contribution is -2.83. The van der Waals surface area contributed by atoms with Crippen LogP contribution < -0.4 is 9.47 Å². The maximum Gasteiger partial charge on any atom is 0.166 e. The van der Waals surface area contributed by atoms with Crippen LogP contribution in [0.15, 0.2) is 24.3 Å². The topological polar surface area (TPSA) is 30.9 Å². The molecule has 0 amide bonds. The van der Waals surface area contributed by atoms with Crippen LogP contribution in [-0.4, -0.2) is 50.0 Å². The normalized spacial score (nSPS) is 48.3. The van der Waals surface area contributed by atoms with E-state index in [1.165, 1.54) is 11.1 Å². The molecular weight excluding hydrogens is 338 g/mol. The smallest absolute Gasteiger partial charge is 0.166 e. The van der Waals surface area contributed by atoms with Gasteiger partial charge in [0.2, 0.25) is 0 Å². The van der Waals surface area contributed by atoms with Gasteiger partial charge in [0.25, 0.3) is 0 Å². The number of hydrogen-bond donors (Lipinski definition) is 0. The highest BCUT2D eigenvalue weighted by Crippen LogP contribution is 2.78. The zero-order valence-electron chi connectivity index (χ0n) is 17.0. The summed E-state index contributed by atoms with van der Waals surface area (Å²) >= 11 is 0. The van der Waals surface area contributed by atoms with Gasteiger partial charge in [-0.3, -0.25) is 0 Å². The number of hydrogen-bond acceptors (Lipinski definition) is 4. The molecule has 6 atom stereocenters. The van der Waals surface area contributed by atoms with E-state index in [1.807, 2.05) is 7.11 Å². The van der Waals surface area contributed by atoms with Crippen LogP contribution in [0.4, 0.5) is 0 Å². The third kappa shape index (κ3) is 1.33. The minimum absolute atomic E-state index is 0.0497. The molecule has 1 aromatic carbocycles. The number of likely N-dealkylation sites (N-methyl/N-ethyl adjacent to an activating group) is 1. The standard InChI is InChI=1S/C23H29NO3/c1-14-13-21-8-9-23(14,26-5)20(2)22(21)10-11-24(3)17(21)12-15-6-7-16(25-4)19(27-20)18(15)22/h6-9,14,17H,10-13H2,1-5H3/t14?,17?,20?,21?,22-,23?/m0/s1. The molecule has 1 aromatic rings. The zero-order chi connectivity index (χ0) is 18.8. The van der Waals surface area contributed by atoms with Crippen molar-refractivity contribution in [3.8, 4) is 11.5 Å². The fourth-order valence-corrected chi connectivity index (χ4v) is 8.26. The maximum absolute atomic E-state index is 7.00. The Kier molecular flexibility index (Phi) is 2.77. The summed E-state index contributed by atoms with van der Waals surface area (Å²) in [6.45, 7) is 5.77. The lowest BCUT2D eigenvalue weighted by atomic mass is 9.34. The van der Waals surface area contributed by atoms with E-state index >= 15 is 0 Å². The van der Waals surface area contributed by atoms with Gasteiger partial charge in [0, 0.05) is 24.1 Å². The van der Waals surface area contributed by atoms with Gasteiger partial charge in [0.1, 0.15) is 11.2 Å². The van der Waals surface area contributed by atoms with E-state index in [2.05, 4.69) is 50.1 Å². The summed E-state index contributed by atoms with van der Waals surface area (Å²) in [5, 5.41) is 0. The summed E-state index contributed by atoms with van der Waals surface area (Å²) < 4.78 is 19.1. The summed E-state index contributed by atoms with van der Waals surface area (Å²) in [6, 6.07) is 4.88. The molecule has 4 aliphatic carbocycles. The molecule has 4 nitrogen and oxygen atoms in total. The van der Waals surface area contributed by atoms with Gasteiger partial charge < -0.3 is 19.1 Å². The highest BCUT2D eigenvalue weighted by atomic mass is 16.6. The predicted molar refractivity (Wildman–Crippen MR) is 104 cm³/mol. The average Bonchev–Trinajstić information content (AvgIpc) is 2.94. The number of methoxy groups -OCH3 is 2. The Balaban J connectivity index is 1.78. The molecule has 2 fully saturated rings. The van der Waals surface area contributed by atoms with Gasteiger partial charge in [0.15, 0.2) is 11.5 Å². The third-order valence-corrected chi connectivity index (χ3v) is 9.24. The summed E-state index contributed by atoms with van der Waals surface area (Å²) in [4.78, 5) is 2.60. The number of likely N-dealkylation sites (tertiary alicyclic amines) is 1. The number of piperidine rings is 1. The minimum Gasteiger partial charge on any atom is -0.493 e. The molecule has 2 spiro atoms. The molecule has 0 radical (unpaired) electrons. The fourth-order valence-electron chi connectivity index (χ4n) is 8.26. The van der Waals surface area contributed by atoms with E-state index in [0.29, 0.717) is 12.0 Å². The highest BCUT2D eigenvalue weighted by molar-refractivity contribution is 5.67. The molecule has 144 valence electrons. The summed E-state index contributed by atoms with van der Waals surface area (Å²) in [5.41, 5.74) is 2.08. The van der Waals surface area contributed by atoms with Crippen molar-refractivity contribution in [2.45, 2.75) is 55.8 Å². The Morgan fingerprint density at radius 2 is 2.04 bits per heavy atom. The maximum atomic E-state index is 7.00. The number of nitrogens with zero attached hydrogens (tertiary/aromatic N) is 1. The molecule has 2 heterocycles. The van der Waals surface area contributed by atoms with Gasteiger partial charge in [-0.1, -0.05) is 25.1 Å². The first-order valence-electron chi connectivity index (χ1n) is 10.3. The van der Waals surface area contributed by atoms with Crippen molar-refractivity contribution >= 4 is 0 Å². The van der Waals surface area contributed by atoms with Crippen LogP contribution in [0.25, 0.3) is 0 Å². The number of ether oxygens (including phenoxy) is 3. The fraction of sp³-hybridized carbons (Fsp3) is 0.652. The molecule has 0 N–H and O–H groups in total. The molecule has 1 saturated heterocycles. The van der Waals surface area contributed by atoms with Crippen molar-refractivity contribution in [3.05, 3.63) is 35.4 Å². The monoisotopic (exact) mass is 367 g/mol. The first-order valence-corrected chi connectivity index (χ1v) is 10.3. The molecule has 5 unspecified atom stereocenters. The van der Waals surface area contributed by atoms with Crippen molar-refractivity contribution in [2.75, 3.05) is 27.8 Å². The second-order valence-corrected chi connectivity index (χ2v) is 9.60. The molecule has 27 heavy (non-hydrogen) atoms. The summed E-state index contributed by atoms with van der Waals surface area (Å²) in [6.07, 6.45) is 8.22. The van der Waals surface area contributed by atoms with E-state index < -0.39 is 11.2 Å². The van der Waals surface area contributed by atoms with Crippen molar-refractivity contribution < 1.29 is 14.2 Å². The van der Waals surface area contributed by atoms with Gasteiger partial charge in [-0.05, 0) is 57.3 Å². The molecule has 7 rings (SSSR count). The molecular formula is C23H29NO3. The Labute approximate surface area is 161 Å². The van der Waals surface area contributed by atoms with E-state index in [-0.39, 0.29) is 10.8 Å². The highest BCUT2D eigenvalue weighted by Gasteiger charge is 2.83. The first-order chi connectivity index (χ1) is 12.9. The molecule has 0 aromatic heterocycles. The van der Waals surface area contributed by atoms with E-state index in [4.69, 9.17) is 14.2 Å². The SMILES string of the molecule is COc1ccc2c3c1OC1(C)C4(OC)C=CC5(CC4C)C(C2)N(C)CC[C@@]351. The van der Waals surface area contributed by atoms with Crippen LogP contribution in [0.2, 0.25) is 0 Å². The number of benzene rings is 1. The molecule has 1 saturated carbocycles. The van der Waals surface area contributed by atoms with Gasteiger partial charge in [-0.25, -0.2) is 0 Å². The lowest BCUT2D eigenvalue weighted by Gasteiger charge is -2.74. The third-order valence-electron chi connectivity index (χ3n) is 9.24. The van der Waals surface area contributed by atoms with Crippen LogP contribution in [-0.2, 0) is 16.6 Å². The van der Waals surface area contributed by atoms with Crippen molar-refractivity contribution in [3.63, 3.8) is 0 Å². The first kappa shape index (κ1) is 16.4. The summed E-state index contributed by atoms with van der Waals surface area (Å²) in [5.74, 6) is 2.25. The van der Waals surface area contributed by atoms with Gasteiger partial charge in [0.05, 0.1) is 12.5 Å². The van der Waals surface area contributed by atoms with Gasteiger partial charge in [-0.2, -0.15) is 0 Å². The van der Waals surface area contributed by atoms with Gasteiger partial charge >= 0.3 is 0 Å². The minimum atomic E-state index is -0.424. The second kappa shape index (κ2) is 4.55. The lowest BCUT2D eigenvalue weighted by molar-refractivity contribution is -0.257. The van der Waals surface area contributed by atoms with Crippen LogP contribution in [0, 0.1) is 11.3 Å². The second-order valence-electron chi connectivity index (χ2n) is 9.60. The quantitative estimate of drug-likeness (QED) is 0.751. The number of rotatable bonds is 2.